The summed E-state index contributed by atoms with van der Waals surface area (Å²) in [5, 5.41) is 0. The molecule has 1 heterocycles. The summed E-state index contributed by atoms with van der Waals surface area (Å²) in [5.74, 6) is 2.03. The Morgan fingerprint density at radius 1 is 1.26 bits per heavy atom. The first-order valence-corrected chi connectivity index (χ1v) is 7.97. The molecule has 1 aliphatic rings. The molecule has 0 aliphatic carbocycles. The molecule has 1 atom stereocenters. The minimum atomic E-state index is 0. The maximum Gasteiger partial charge on any atom is 0.0108 e. The fraction of sp³-hybridized carbons (Fsp3) is 0.600. The molecule has 1 unspecified atom stereocenters. The van der Waals surface area contributed by atoms with Gasteiger partial charge in [0, 0.05) is 23.7 Å². The van der Waals surface area contributed by atoms with Gasteiger partial charge in [0.15, 0.2) is 0 Å². The zero-order valence-electron chi connectivity index (χ0n) is 11.5. The lowest BCUT2D eigenvalue weighted by Crippen LogP contribution is -2.37. The molecule has 2 rings (SSSR count). The first kappa shape index (κ1) is 16.8. The maximum atomic E-state index is 5.66. The number of rotatable bonds is 6. The summed E-state index contributed by atoms with van der Waals surface area (Å²) in [4.78, 5) is 3.99. The number of nitrogens with two attached hydrogens (primary N) is 1. The van der Waals surface area contributed by atoms with Crippen molar-refractivity contribution in [1.29, 1.82) is 0 Å². The van der Waals surface area contributed by atoms with Crippen LogP contribution in [-0.4, -0.2) is 36.8 Å². The summed E-state index contributed by atoms with van der Waals surface area (Å²) in [6.07, 6.45) is 3.92. The molecule has 0 spiro atoms. The Morgan fingerprint density at radius 3 is 2.79 bits per heavy atom. The van der Waals surface area contributed by atoms with E-state index < -0.39 is 0 Å². The Balaban J connectivity index is 0.00000180. The van der Waals surface area contributed by atoms with Gasteiger partial charge in [0.05, 0.1) is 0 Å². The van der Waals surface area contributed by atoms with E-state index in [9.17, 15) is 0 Å². The Kier molecular flexibility index (Phi) is 8.55. The van der Waals surface area contributed by atoms with Gasteiger partial charge in [-0.1, -0.05) is 18.2 Å². The van der Waals surface area contributed by atoms with Crippen LogP contribution in [0.15, 0.2) is 35.2 Å². The number of hydrogen-bond acceptors (Lipinski definition) is 3. The van der Waals surface area contributed by atoms with Crippen LogP contribution in [-0.2, 0) is 0 Å². The zero-order valence-corrected chi connectivity index (χ0v) is 13.1. The number of piperidine rings is 1. The first-order chi connectivity index (χ1) is 8.88. The quantitative estimate of drug-likeness (QED) is 0.818. The van der Waals surface area contributed by atoms with Crippen molar-refractivity contribution >= 4 is 24.2 Å². The number of likely N-dealkylation sites (tertiary alicyclic amines) is 1. The van der Waals surface area contributed by atoms with E-state index in [-0.39, 0.29) is 12.4 Å². The molecule has 0 bridgehead atoms. The van der Waals surface area contributed by atoms with Gasteiger partial charge in [-0.05, 0) is 50.4 Å². The van der Waals surface area contributed by atoms with E-state index in [1.54, 1.807) is 0 Å². The summed E-state index contributed by atoms with van der Waals surface area (Å²) in [6, 6.07) is 10.7. The number of nitrogens with zero attached hydrogens (tertiary/aromatic N) is 1. The second kappa shape index (κ2) is 9.65. The molecule has 2 nitrogen and oxygen atoms in total. The van der Waals surface area contributed by atoms with Crippen LogP contribution in [0.3, 0.4) is 0 Å². The lowest BCUT2D eigenvalue weighted by atomic mass is 9.95. The molecule has 0 radical (unpaired) electrons. The van der Waals surface area contributed by atoms with E-state index >= 15 is 0 Å². The van der Waals surface area contributed by atoms with E-state index in [0.29, 0.717) is 0 Å². The zero-order chi connectivity index (χ0) is 12.6. The summed E-state index contributed by atoms with van der Waals surface area (Å²) in [7, 11) is 0. The molecule has 1 fully saturated rings. The van der Waals surface area contributed by atoms with E-state index in [1.807, 2.05) is 11.8 Å². The largest absolute Gasteiger partial charge is 0.330 e. The van der Waals surface area contributed by atoms with Crippen molar-refractivity contribution in [3.63, 3.8) is 0 Å². The lowest BCUT2D eigenvalue weighted by Gasteiger charge is -2.32. The Hall–Kier alpha value is -0.220. The summed E-state index contributed by atoms with van der Waals surface area (Å²) < 4.78 is 0. The predicted molar refractivity (Wildman–Crippen MR) is 87.2 cm³/mol. The fourth-order valence-electron chi connectivity index (χ4n) is 2.64. The molecule has 1 saturated heterocycles. The second-order valence-corrected chi connectivity index (χ2v) is 6.22. The van der Waals surface area contributed by atoms with Crippen LogP contribution < -0.4 is 5.73 Å². The van der Waals surface area contributed by atoms with Gasteiger partial charge in [-0.15, -0.1) is 24.2 Å². The highest BCUT2D eigenvalue weighted by molar-refractivity contribution is 7.99. The average molecular weight is 301 g/mol. The lowest BCUT2D eigenvalue weighted by molar-refractivity contribution is 0.179. The van der Waals surface area contributed by atoms with E-state index in [1.165, 1.54) is 49.5 Å². The molecule has 0 aromatic heterocycles. The molecule has 4 heteroatoms. The van der Waals surface area contributed by atoms with Crippen molar-refractivity contribution < 1.29 is 0 Å². The topological polar surface area (TPSA) is 29.3 Å². The maximum absolute atomic E-state index is 5.66. The Bertz CT molecular complexity index is 332. The molecule has 1 aromatic carbocycles. The SMILES string of the molecule is Cl.NCCC1CCCN(CCSc2ccccc2)C1. The summed E-state index contributed by atoms with van der Waals surface area (Å²) in [6.45, 7) is 4.58. The summed E-state index contributed by atoms with van der Waals surface area (Å²) >= 11 is 1.96. The van der Waals surface area contributed by atoms with E-state index in [2.05, 4.69) is 35.2 Å². The smallest absolute Gasteiger partial charge is 0.0108 e. The molecule has 0 amide bonds. The van der Waals surface area contributed by atoms with Gasteiger partial charge in [-0.25, -0.2) is 0 Å². The van der Waals surface area contributed by atoms with Gasteiger partial charge >= 0.3 is 0 Å². The molecule has 108 valence electrons. The van der Waals surface area contributed by atoms with E-state index in [4.69, 9.17) is 5.73 Å². The van der Waals surface area contributed by atoms with Gasteiger partial charge in [0.1, 0.15) is 0 Å². The highest BCUT2D eigenvalue weighted by Gasteiger charge is 2.18. The Morgan fingerprint density at radius 2 is 2.05 bits per heavy atom. The average Bonchev–Trinajstić information content (AvgIpc) is 2.41. The van der Waals surface area contributed by atoms with Crippen molar-refractivity contribution in [2.45, 2.75) is 24.2 Å². The van der Waals surface area contributed by atoms with Gasteiger partial charge in [-0.3, -0.25) is 0 Å². The van der Waals surface area contributed by atoms with Gasteiger partial charge in [0.25, 0.3) is 0 Å². The van der Waals surface area contributed by atoms with Crippen LogP contribution in [0.2, 0.25) is 0 Å². The van der Waals surface area contributed by atoms with Gasteiger partial charge < -0.3 is 10.6 Å². The number of benzene rings is 1. The van der Waals surface area contributed by atoms with Crippen molar-refractivity contribution in [2.75, 3.05) is 31.9 Å². The Labute approximate surface area is 127 Å². The number of thioether (sulfide) groups is 1. The van der Waals surface area contributed by atoms with Gasteiger partial charge in [-0.2, -0.15) is 0 Å². The number of hydrogen-bond donors (Lipinski definition) is 1. The van der Waals surface area contributed by atoms with Crippen LogP contribution >= 0.6 is 24.2 Å². The van der Waals surface area contributed by atoms with Crippen molar-refractivity contribution in [1.82, 2.24) is 4.90 Å². The molecular formula is C15H25ClN2S. The molecule has 19 heavy (non-hydrogen) atoms. The van der Waals surface area contributed by atoms with Crippen LogP contribution in [0.25, 0.3) is 0 Å². The second-order valence-electron chi connectivity index (χ2n) is 5.05. The molecule has 2 N–H and O–H groups in total. The highest BCUT2D eigenvalue weighted by Crippen LogP contribution is 2.21. The van der Waals surface area contributed by atoms with Crippen LogP contribution in [0, 0.1) is 5.92 Å². The molecule has 1 aromatic rings. The highest BCUT2D eigenvalue weighted by atomic mass is 35.5. The number of halogens is 1. The fourth-order valence-corrected chi connectivity index (χ4v) is 3.57. The predicted octanol–water partition coefficient (Wildman–Crippen LogP) is 3.26. The van der Waals surface area contributed by atoms with E-state index in [0.717, 1.165) is 12.5 Å². The standard InChI is InChI=1S/C15H24N2S.ClH/c16-9-8-14-5-4-10-17(13-14)11-12-18-15-6-2-1-3-7-15;/h1-3,6-7,14H,4-5,8-13,16H2;1H. The minimum Gasteiger partial charge on any atom is -0.330 e. The molecule has 0 saturated carbocycles. The van der Waals surface area contributed by atoms with Crippen molar-refractivity contribution in [2.24, 2.45) is 11.7 Å². The monoisotopic (exact) mass is 300 g/mol. The van der Waals surface area contributed by atoms with Crippen molar-refractivity contribution in [3.05, 3.63) is 30.3 Å². The first-order valence-electron chi connectivity index (χ1n) is 6.99. The third-order valence-corrected chi connectivity index (χ3v) is 4.59. The van der Waals surface area contributed by atoms with Crippen LogP contribution in [0.5, 0.6) is 0 Å². The van der Waals surface area contributed by atoms with Crippen LogP contribution in [0.1, 0.15) is 19.3 Å². The van der Waals surface area contributed by atoms with Crippen LogP contribution in [0.4, 0.5) is 0 Å². The van der Waals surface area contributed by atoms with Gasteiger partial charge in [0.2, 0.25) is 0 Å². The minimum absolute atomic E-state index is 0. The normalized spacial score (nSPS) is 19.9. The third kappa shape index (κ3) is 6.17. The molecule has 1 aliphatic heterocycles. The van der Waals surface area contributed by atoms with Crippen molar-refractivity contribution in [3.8, 4) is 0 Å². The summed E-state index contributed by atoms with van der Waals surface area (Å²) in [5.41, 5.74) is 5.66. The molecular weight excluding hydrogens is 276 g/mol. The third-order valence-electron chi connectivity index (χ3n) is 3.60.